The quantitative estimate of drug-likeness (QED) is 0.835. The van der Waals surface area contributed by atoms with Crippen LogP contribution in [0.2, 0.25) is 0 Å². The highest BCUT2D eigenvalue weighted by Crippen LogP contribution is 2.31. The lowest BCUT2D eigenvalue weighted by atomic mass is 10.2. The summed E-state index contributed by atoms with van der Waals surface area (Å²) >= 11 is 4.37. The molecule has 0 bridgehead atoms. The number of hydrogen-bond acceptors (Lipinski definition) is 2. The number of aliphatic hydroxyl groups is 1. The Morgan fingerprint density at radius 1 is 1.46 bits per heavy atom. The van der Waals surface area contributed by atoms with E-state index in [1.54, 1.807) is 0 Å². The Bertz CT molecular complexity index is 452. The summed E-state index contributed by atoms with van der Waals surface area (Å²) < 4.78 is 15.0. The average Bonchev–Trinajstić information content (AvgIpc) is 2.39. The van der Waals surface area contributed by atoms with Crippen LogP contribution in [0.25, 0.3) is 10.1 Å². The Balaban J connectivity index is 2.79. The molecule has 0 spiro atoms. The van der Waals surface area contributed by atoms with Gasteiger partial charge in [0.05, 0.1) is 6.61 Å². The van der Waals surface area contributed by atoms with E-state index in [-0.39, 0.29) is 11.7 Å². The van der Waals surface area contributed by atoms with Crippen LogP contribution in [0, 0.1) is 5.13 Å². The predicted octanol–water partition coefficient (Wildman–Crippen LogP) is 3.30. The van der Waals surface area contributed by atoms with Crippen LogP contribution < -0.4 is 0 Å². The van der Waals surface area contributed by atoms with Gasteiger partial charge >= 0.3 is 0 Å². The van der Waals surface area contributed by atoms with Crippen LogP contribution in [0.15, 0.2) is 22.7 Å². The fourth-order valence-electron chi connectivity index (χ4n) is 1.24. The molecule has 0 aliphatic rings. The maximum atomic E-state index is 13.2. The van der Waals surface area contributed by atoms with Gasteiger partial charge in [-0.25, -0.2) is 0 Å². The minimum absolute atomic E-state index is 0.243. The third-order valence-corrected chi connectivity index (χ3v) is 3.34. The lowest BCUT2D eigenvalue weighted by Crippen LogP contribution is -1.82. The van der Waals surface area contributed by atoms with Crippen LogP contribution in [0.4, 0.5) is 4.39 Å². The summed E-state index contributed by atoms with van der Waals surface area (Å²) in [6.07, 6.45) is 0. The van der Waals surface area contributed by atoms with Crippen LogP contribution in [0.5, 0.6) is 0 Å². The summed E-state index contributed by atoms with van der Waals surface area (Å²) in [6.45, 7) is -0.243. The first-order valence-corrected chi connectivity index (χ1v) is 5.30. The van der Waals surface area contributed by atoms with E-state index in [1.165, 1.54) is 0 Å². The molecular weight excluding hydrogens is 255 g/mol. The van der Waals surface area contributed by atoms with Gasteiger partial charge in [-0.15, -0.1) is 11.3 Å². The molecule has 2 aromatic rings. The van der Waals surface area contributed by atoms with Crippen molar-refractivity contribution in [1.82, 2.24) is 0 Å². The van der Waals surface area contributed by atoms with Gasteiger partial charge in [0, 0.05) is 20.1 Å². The molecule has 0 amide bonds. The van der Waals surface area contributed by atoms with E-state index in [9.17, 15) is 4.39 Å². The van der Waals surface area contributed by atoms with Crippen molar-refractivity contribution in [2.24, 2.45) is 0 Å². The zero-order valence-corrected chi connectivity index (χ0v) is 8.95. The standard InChI is InChI=1S/C9H6BrFOS/c10-5-1-2-6-7(4-12)9(11)13-8(6)3-5/h1-3,12H,4H2. The number of halogens is 2. The van der Waals surface area contributed by atoms with E-state index >= 15 is 0 Å². The largest absolute Gasteiger partial charge is 0.392 e. The van der Waals surface area contributed by atoms with Crippen molar-refractivity contribution >= 4 is 37.4 Å². The summed E-state index contributed by atoms with van der Waals surface area (Å²) in [5.74, 6) is 0. The molecule has 0 unspecified atom stereocenters. The first-order valence-electron chi connectivity index (χ1n) is 3.69. The number of hydrogen-bond donors (Lipinski definition) is 1. The van der Waals surface area contributed by atoms with Gasteiger partial charge in [-0.3, -0.25) is 0 Å². The minimum atomic E-state index is -0.296. The smallest absolute Gasteiger partial charge is 0.183 e. The summed E-state index contributed by atoms with van der Waals surface area (Å²) in [6, 6.07) is 5.50. The summed E-state index contributed by atoms with van der Waals surface area (Å²) in [5, 5.41) is 9.43. The van der Waals surface area contributed by atoms with Crippen LogP contribution in [0.1, 0.15) is 5.56 Å². The van der Waals surface area contributed by atoms with Gasteiger partial charge in [-0.05, 0) is 12.1 Å². The van der Waals surface area contributed by atoms with Gasteiger partial charge in [0.15, 0.2) is 5.13 Å². The number of rotatable bonds is 1. The SMILES string of the molecule is OCc1c(F)sc2cc(Br)ccc12. The number of aliphatic hydroxyl groups excluding tert-OH is 1. The van der Waals surface area contributed by atoms with Crippen molar-refractivity contribution in [2.45, 2.75) is 6.61 Å². The van der Waals surface area contributed by atoms with Gasteiger partial charge in [0.25, 0.3) is 0 Å². The first kappa shape index (κ1) is 9.12. The summed E-state index contributed by atoms with van der Waals surface area (Å²) in [5.41, 5.74) is 0.396. The van der Waals surface area contributed by atoms with Crippen molar-refractivity contribution in [3.05, 3.63) is 33.4 Å². The number of fused-ring (bicyclic) bond motifs is 1. The van der Waals surface area contributed by atoms with Crippen LogP contribution in [0.3, 0.4) is 0 Å². The number of benzene rings is 1. The molecular formula is C9H6BrFOS. The Morgan fingerprint density at radius 3 is 2.92 bits per heavy atom. The van der Waals surface area contributed by atoms with E-state index in [2.05, 4.69) is 15.9 Å². The third-order valence-electron chi connectivity index (χ3n) is 1.86. The van der Waals surface area contributed by atoms with E-state index in [0.29, 0.717) is 5.56 Å². The maximum absolute atomic E-state index is 13.2. The molecule has 2 rings (SSSR count). The highest BCUT2D eigenvalue weighted by molar-refractivity contribution is 9.10. The predicted molar refractivity (Wildman–Crippen MR) is 55.4 cm³/mol. The second-order valence-electron chi connectivity index (χ2n) is 2.65. The van der Waals surface area contributed by atoms with Gasteiger partial charge in [0.2, 0.25) is 0 Å². The van der Waals surface area contributed by atoms with Crippen LogP contribution in [-0.4, -0.2) is 5.11 Å². The molecule has 0 fully saturated rings. The van der Waals surface area contributed by atoms with E-state index in [4.69, 9.17) is 5.11 Å². The molecule has 1 heterocycles. The number of thiophene rings is 1. The molecule has 0 aliphatic heterocycles. The van der Waals surface area contributed by atoms with Crippen LogP contribution in [-0.2, 0) is 6.61 Å². The Kier molecular flexibility index (Phi) is 2.36. The van der Waals surface area contributed by atoms with Crippen molar-refractivity contribution in [2.75, 3.05) is 0 Å². The second kappa shape index (κ2) is 3.36. The molecule has 1 aromatic heterocycles. The molecule has 13 heavy (non-hydrogen) atoms. The monoisotopic (exact) mass is 260 g/mol. The van der Waals surface area contributed by atoms with Crippen molar-refractivity contribution < 1.29 is 9.50 Å². The Hall–Kier alpha value is -0.450. The first-order chi connectivity index (χ1) is 6.22. The fourth-order valence-corrected chi connectivity index (χ4v) is 2.73. The lowest BCUT2D eigenvalue weighted by Gasteiger charge is -1.93. The van der Waals surface area contributed by atoms with E-state index < -0.39 is 0 Å². The topological polar surface area (TPSA) is 20.2 Å². The molecule has 0 saturated heterocycles. The average molecular weight is 261 g/mol. The van der Waals surface area contributed by atoms with Gasteiger partial charge in [-0.1, -0.05) is 22.0 Å². The fraction of sp³-hybridized carbons (Fsp3) is 0.111. The molecule has 68 valence electrons. The molecule has 0 aliphatic carbocycles. The molecule has 1 aromatic carbocycles. The lowest BCUT2D eigenvalue weighted by molar-refractivity contribution is 0.279. The molecule has 0 radical (unpaired) electrons. The van der Waals surface area contributed by atoms with E-state index in [0.717, 1.165) is 25.9 Å². The van der Waals surface area contributed by atoms with Gasteiger partial charge < -0.3 is 5.11 Å². The normalized spacial score (nSPS) is 11.0. The van der Waals surface area contributed by atoms with Crippen LogP contribution >= 0.6 is 27.3 Å². The van der Waals surface area contributed by atoms with Gasteiger partial charge in [0.1, 0.15) is 0 Å². The summed E-state index contributed by atoms with van der Waals surface area (Å²) in [4.78, 5) is 0. The molecule has 1 N–H and O–H groups in total. The van der Waals surface area contributed by atoms with Crippen molar-refractivity contribution in [3.63, 3.8) is 0 Å². The zero-order chi connectivity index (χ0) is 9.42. The van der Waals surface area contributed by atoms with Gasteiger partial charge in [-0.2, -0.15) is 4.39 Å². The third kappa shape index (κ3) is 1.49. The minimum Gasteiger partial charge on any atom is -0.392 e. The molecule has 1 nitrogen and oxygen atoms in total. The Labute approximate surface area is 86.9 Å². The highest BCUT2D eigenvalue weighted by Gasteiger charge is 2.10. The van der Waals surface area contributed by atoms with Crippen molar-refractivity contribution in [3.8, 4) is 0 Å². The van der Waals surface area contributed by atoms with Crippen molar-refractivity contribution in [1.29, 1.82) is 0 Å². The summed E-state index contributed by atoms with van der Waals surface area (Å²) in [7, 11) is 0. The molecule has 0 atom stereocenters. The molecule has 0 saturated carbocycles. The highest BCUT2D eigenvalue weighted by atomic mass is 79.9. The maximum Gasteiger partial charge on any atom is 0.183 e. The molecule has 4 heteroatoms. The second-order valence-corrected chi connectivity index (χ2v) is 4.57. The van der Waals surface area contributed by atoms with E-state index in [1.807, 2.05) is 18.2 Å². The Morgan fingerprint density at radius 2 is 2.23 bits per heavy atom. The zero-order valence-electron chi connectivity index (χ0n) is 6.55.